The molecule has 134 valence electrons. The Hall–Kier alpha value is -0.830. The second-order valence-electron chi connectivity index (χ2n) is 5.91. The predicted octanol–water partition coefficient (Wildman–Crippen LogP) is -0.868. The third-order valence-electron chi connectivity index (χ3n) is 3.79. The van der Waals surface area contributed by atoms with Crippen LogP contribution >= 0.6 is 11.8 Å². The van der Waals surface area contributed by atoms with Gasteiger partial charge in [-0.2, -0.15) is 0 Å². The van der Waals surface area contributed by atoms with E-state index in [1.54, 1.807) is 37.7 Å². The molecule has 0 saturated carbocycles. The van der Waals surface area contributed by atoms with E-state index in [1.807, 2.05) is 30.5 Å². The molecule has 0 spiro atoms. The number of carboxylic acids is 1. The van der Waals surface area contributed by atoms with Crippen LogP contribution in [-0.4, -0.2) is 26.7 Å². The summed E-state index contributed by atoms with van der Waals surface area (Å²) in [5, 5.41) is 11.1. The first-order valence-electron chi connectivity index (χ1n) is 7.72. The Bertz CT molecular complexity index is 834. The number of thioether (sulfide) groups is 1. The Kier molecular flexibility index (Phi) is 8.85. The zero-order valence-electron chi connectivity index (χ0n) is 15.2. The van der Waals surface area contributed by atoms with Gasteiger partial charge in [-0.05, 0) is 47.6 Å². The van der Waals surface area contributed by atoms with E-state index in [1.165, 1.54) is 12.1 Å². The molecule has 1 atom stereocenters. The molecule has 26 heavy (non-hydrogen) atoms. The van der Waals surface area contributed by atoms with Crippen molar-refractivity contribution < 1.29 is 47.9 Å². The molecule has 5 nitrogen and oxygen atoms in total. The van der Waals surface area contributed by atoms with E-state index in [4.69, 9.17) is 0 Å². The van der Waals surface area contributed by atoms with Crippen LogP contribution in [0.1, 0.15) is 13.8 Å². The molecule has 0 radical (unpaired) electrons. The van der Waals surface area contributed by atoms with E-state index in [9.17, 15) is 18.3 Å². The van der Waals surface area contributed by atoms with Crippen LogP contribution in [0, 0.1) is 5.92 Å². The second kappa shape index (κ2) is 9.92. The minimum atomic E-state index is -3.93. The molecule has 0 aliphatic rings. The largest absolute Gasteiger partial charge is 1.00 e. The molecule has 2 aromatic carbocycles. The molecule has 2 rings (SSSR count). The molecule has 0 bridgehead atoms. The van der Waals surface area contributed by atoms with Crippen molar-refractivity contribution in [2.24, 2.45) is 5.92 Å². The number of hydrogen-bond donors (Lipinski definition) is 1. The third-order valence-corrected chi connectivity index (χ3v) is 5.99. The molecule has 1 unspecified atom stereocenters. The number of carbonyl (C=O) groups is 1. The van der Waals surface area contributed by atoms with E-state index < -0.39 is 28.0 Å². The number of sulfonamides is 1. The zero-order chi connectivity index (χ0) is 18.6. The number of nitrogens with one attached hydrogen (secondary N) is 1. The fraction of sp³-hybridized carbons (Fsp3) is 0.278. The maximum atomic E-state index is 12.4. The SMILES string of the molecule is CSc1ccc(-c2ccc(S(=O)(=O)NC(C(=O)[O-])C(C)C)cc2)cc1.[Na+]. The summed E-state index contributed by atoms with van der Waals surface area (Å²) in [6.07, 6.45) is 2.00. The Labute approximate surface area is 180 Å². The number of carboxylic acid groups (broad SMARTS) is 1. The monoisotopic (exact) mass is 401 g/mol. The van der Waals surface area contributed by atoms with Gasteiger partial charge < -0.3 is 9.90 Å². The van der Waals surface area contributed by atoms with Crippen molar-refractivity contribution in [2.75, 3.05) is 6.26 Å². The van der Waals surface area contributed by atoms with Crippen molar-refractivity contribution in [3.8, 4) is 11.1 Å². The van der Waals surface area contributed by atoms with Crippen molar-refractivity contribution in [1.82, 2.24) is 4.72 Å². The molecule has 0 aromatic heterocycles. The van der Waals surface area contributed by atoms with Gasteiger partial charge in [-0.3, -0.25) is 0 Å². The molecular formula is C18H20NNaO4S2. The summed E-state index contributed by atoms with van der Waals surface area (Å²) in [6.45, 7) is 3.23. The van der Waals surface area contributed by atoms with Gasteiger partial charge in [0.15, 0.2) is 0 Å². The first kappa shape index (κ1) is 23.2. The first-order valence-corrected chi connectivity index (χ1v) is 10.4. The summed E-state index contributed by atoms with van der Waals surface area (Å²) in [7, 11) is -3.93. The normalized spacial score (nSPS) is 12.5. The van der Waals surface area contributed by atoms with Gasteiger partial charge in [0, 0.05) is 4.90 Å². The molecular weight excluding hydrogens is 381 g/mol. The zero-order valence-corrected chi connectivity index (χ0v) is 18.9. The Morgan fingerprint density at radius 2 is 1.46 bits per heavy atom. The fourth-order valence-electron chi connectivity index (χ4n) is 2.30. The summed E-state index contributed by atoms with van der Waals surface area (Å²) in [6, 6.07) is 13.0. The van der Waals surface area contributed by atoms with Crippen molar-refractivity contribution >= 4 is 27.8 Å². The van der Waals surface area contributed by atoms with Crippen LogP contribution in [0.4, 0.5) is 0 Å². The summed E-state index contributed by atoms with van der Waals surface area (Å²) in [5.41, 5.74) is 1.86. The molecule has 8 heteroatoms. The minimum Gasteiger partial charge on any atom is -0.548 e. The molecule has 0 amide bonds. The van der Waals surface area contributed by atoms with Gasteiger partial charge in [-0.1, -0.05) is 38.1 Å². The van der Waals surface area contributed by atoms with Gasteiger partial charge in [-0.15, -0.1) is 11.8 Å². The van der Waals surface area contributed by atoms with Gasteiger partial charge in [0.2, 0.25) is 10.0 Å². The van der Waals surface area contributed by atoms with Gasteiger partial charge >= 0.3 is 29.6 Å². The third kappa shape index (κ3) is 5.84. The topological polar surface area (TPSA) is 86.3 Å². The predicted molar refractivity (Wildman–Crippen MR) is 97.6 cm³/mol. The van der Waals surface area contributed by atoms with Gasteiger partial charge in [0.05, 0.1) is 16.9 Å². The summed E-state index contributed by atoms with van der Waals surface area (Å²) in [5.74, 6) is -1.86. The van der Waals surface area contributed by atoms with Crippen LogP contribution in [0.15, 0.2) is 58.3 Å². The molecule has 0 aliphatic heterocycles. The van der Waals surface area contributed by atoms with Crippen molar-refractivity contribution in [2.45, 2.75) is 29.7 Å². The molecule has 0 fully saturated rings. The first-order chi connectivity index (χ1) is 11.7. The Morgan fingerprint density at radius 3 is 1.85 bits per heavy atom. The fourth-order valence-corrected chi connectivity index (χ4v) is 4.04. The van der Waals surface area contributed by atoms with Crippen molar-refractivity contribution in [1.29, 1.82) is 0 Å². The number of hydrogen-bond acceptors (Lipinski definition) is 5. The molecule has 0 heterocycles. The molecule has 0 aliphatic carbocycles. The second-order valence-corrected chi connectivity index (χ2v) is 8.51. The maximum Gasteiger partial charge on any atom is 1.00 e. The van der Waals surface area contributed by atoms with Crippen LogP contribution in [-0.2, 0) is 14.8 Å². The quantitative estimate of drug-likeness (QED) is 0.482. The average molecular weight is 401 g/mol. The van der Waals surface area contributed by atoms with Gasteiger partial charge in [0.1, 0.15) is 0 Å². The van der Waals surface area contributed by atoms with E-state index in [0.29, 0.717) is 0 Å². The Morgan fingerprint density at radius 1 is 1.00 bits per heavy atom. The van der Waals surface area contributed by atoms with Crippen molar-refractivity contribution in [3.05, 3.63) is 48.5 Å². The van der Waals surface area contributed by atoms with Crippen molar-refractivity contribution in [3.63, 3.8) is 0 Å². The van der Waals surface area contributed by atoms with E-state index in [2.05, 4.69) is 4.72 Å². The molecule has 0 saturated heterocycles. The molecule has 1 N–H and O–H groups in total. The number of aliphatic carboxylic acids is 1. The minimum absolute atomic E-state index is 0. The van der Waals surface area contributed by atoms with Crippen LogP contribution in [0.3, 0.4) is 0 Å². The number of rotatable bonds is 7. The van der Waals surface area contributed by atoms with Crippen LogP contribution < -0.4 is 39.4 Å². The standard InChI is InChI=1S/C18H21NO4S2.Na/c1-12(2)17(18(20)21)19-25(22,23)16-10-6-14(7-11-16)13-4-8-15(24-3)9-5-13;/h4-12,17,19H,1-3H3,(H,20,21);/q;+1/p-1. The van der Waals surface area contributed by atoms with E-state index in [0.717, 1.165) is 16.0 Å². The van der Waals surface area contributed by atoms with Gasteiger partial charge in [0.25, 0.3) is 0 Å². The van der Waals surface area contributed by atoms with Crippen LogP contribution in [0.2, 0.25) is 0 Å². The van der Waals surface area contributed by atoms with Gasteiger partial charge in [-0.25, -0.2) is 13.1 Å². The maximum absolute atomic E-state index is 12.4. The average Bonchev–Trinajstić information content (AvgIpc) is 2.59. The number of benzene rings is 2. The van der Waals surface area contributed by atoms with E-state index in [-0.39, 0.29) is 34.5 Å². The molecule has 2 aromatic rings. The smallest absolute Gasteiger partial charge is 0.548 e. The summed E-state index contributed by atoms with van der Waals surface area (Å²) >= 11 is 1.65. The summed E-state index contributed by atoms with van der Waals surface area (Å²) in [4.78, 5) is 12.3. The number of carbonyl (C=O) groups excluding carboxylic acids is 1. The summed E-state index contributed by atoms with van der Waals surface area (Å²) < 4.78 is 26.9. The van der Waals surface area contributed by atoms with Crippen LogP contribution in [0.25, 0.3) is 11.1 Å². The Balaban J connectivity index is 0.00000338. The van der Waals surface area contributed by atoms with Crippen LogP contribution in [0.5, 0.6) is 0 Å². The van der Waals surface area contributed by atoms with E-state index >= 15 is 0 Å².